The number of piperidine rings is 1. The van der Waals surface area contributed by atoms with Crippen LogP contribution in [-0.4, -0.2) is 39.5 Å². The van der Waals surface area contributed by atoms with Crippen LogP contribution in [0.2, 0.25) is 0 Å². The van der Waals surface area contributed by atoms with Gasteiger partial charge in [-0.3, -0.25) is 14.2 Å². The van der Waals surface area contributed by atoms with Crippen LogP contribution in [0.3, 0.4) is 0 Å². The Balaban J connectivity index is 2.38. The normalized spacial score (nSPS) is 22.9. The van der Waals surface area contributed by atoms with Crippen molar-refractivity contribution in [2.24, 2.45) is 18.7 Å². The van der Waals surface area contributed by atoms with Gasteiger partial charge in [0, 0.05) is 32.4 Å². The molecule has 1 aliphatic rings. The van der Waals surface area contributed by atoms with Crippen molar-refractivity contribution in [2.45, 2.75) is 25.8 Å². The number of aromatic amines is 1. The monoisotopic (exact) mass is 280 g/mol. The van der Waals surface area contributed by atoms with Gasteiger partial charge in [-0.1, -0.05) is 6.92 Å². The third-order valence-corrected chi connectivity index (χ3v) is 4.03. The molecule has 0 aromatic carbocycles. The number of hydrogen-bond donors (Lipinski definition) is 2. The minimum absolute atomic E-state index is 0.0142. The molecule has 2 unspecified atom stereocenters. The van der Waals surface area contributed by atoms with E-state index < -0.39 is 11.2 Å². The molecule has 2 rings (SSSR count). The molecule has 2 heterocycles. The molecule has 0 saturated carbocycles. The van der Waals surface area contributed by atoms with E-state index in [1.54, 1.807) is 4.90 Å². The molecule has 1 fully saturated rings. The molecule has 0 aliphatic carbocycles. The minimum atomic E-state index is -0.576. The van der Waals surface area contributed by atoms with Gasteiger partial charge in [0.05, 0.1) is 0 Å². The highest BCUT2D eigenvalue weighted by molar-refractivity contribution is 5.93. The number of hydrogen-bond acceptors (Lipinski definition) is 4. The maximum absolute atomic E-state index is 12.5. The fraction of sp³-hybridized carbons (Fsp3) is 0.615. The van der Waals surface area contributed by atoms with Crippen molar-refractivity contribution in [1.82, 2.24) is 14.5 Å². The Morgan fingerprint density at radius 3 is 2.85 bits per heavy atom. The summed E-state index contributed by atoms with van der Waals surface area (Å²) < 4.78 is 0.901. The third-order valence-electron chi connectivity index (χ3n) is 4.03. The Kier molecular flexibility index (Phi) is 4.08. The fourth-order valence-electron chi connectivity index (χ4n) is 2.73. The van der Waals surface area contributed by atoms with Gasteiger partial charge in [-0.2, -0.15) is 0 Å². The second-order valence-corrected chi connectivity index (χ2v) is 5.29. The van der Waals surface area contributed by atoms with Gasteiger partial charge in [-0.05, 0) is 18.8 Å². The molecule has 1 amide bonds. The molecule has 110 valence electrons. The topological polar surface area (TPSA) is 101 Å². The van der Waals surface area contributed by atoms with Crippen LogP contribution in [0.15, 0.2) is 15.8 Å². The first-order valence-electron chi connectivity index (χ1n) is 6.77. The van der Waals surface area contributed by atoms with Crippen molar-refractivity contribution in [1.29, 1.82) is 0 Å². The van der Waals surface area contributed by atoms with E-state index in [2.05, 4.69) is 11.9 Å². The standard InChI is InChI=1S/C13H20N4O3/c1-8-4-3-5-17(10(8)6-14)12(19)9-7-15-13(20)16(2)11(9)18/h7-8,10H,3-6,14H2,1-2H3,(H,15,20). The summed E-state index contributed by atoms with van der Waals surface area (Å²) in [6.07, 6.45) is 3.11. The Morgan fingerprint density at radius 2 is 2.20 bits per heavy atom. The van der Waals surface area contributed by atoms with Crippen molar-refractivity contribution in [3.8, 4) is 0 Å². The predicted molar refractivity (Wildman–Crippen MR) is 74.6 cm³/mol. The summed E-state index contributed by atoms with van der Waals surface area (Å²) in [5.41, 5.74) is 4.63. The summed E-state index contributed by atoms with van der Waals surface area (Å²) in [5.74, 6) is -0.0480. The summed E-state index contributed by atoms with van der Waals surface area (Å²) >= 11 is 0. The lowest BCUT2D eigenvalue weighted by atomic mass is 9.90. The lowest BCUT2D eigenvalue weighted by Gasteiger charge is -2.39. The molecule has 7 nitrogen and oxygen atoms in total. The number of nitrogens with one attached hydrogen (secondary N) is 1. The molecule has 1 aliphatic heterocycles. The SMILES string of the molecule is CC1CCCN(C(=O)c2c[nH]c(=O)n(C)c2=O)C1CN. The van der Waals surface area contributed by atoms with Gasteiger partial charge >= 0.3 is 5.69 Å². The molecule has 7 heteroatoms. The summed E-state index contributed by atoms with van der Waals surface area (Å²) in [6, 6.07) is -0.0621. The molecule has 1 aromatic rings. The van der Waals surface area contributed by atoms with Gasteiger partial charge in [-0.25, -0.2) is 4.79 Å². The highest BCUT2D eigenvalue weighted by Crippen LogP contribution is 2.23. The lowest BCUT2D eigenvalue weighted by molar-refractivity contribution is 0.0529. The maximum Gasteiger partial charge on any atom is 0.328 e. The van der Waals surface area contributed by atoms with Crippen LogP contribution >= 0.6 is 0 Å². The lowest BCUT2D eigenvalue weighted by Crippen LogP contribution is -2.52. The van der Waals surface area contributed by atoms with Crippen molar-refractivity contribution in [3.05, 3.63) is 32.6 Å². The zero-order valence-corrected chi connectivity index (χ0v) is 11.8. The molecular formula is C13H20N4O3. The first-order chi connectivity index (χ1) is 9.47. The Labute approximate surface area is 116 Å². The quantitative estimate of drug-likeness (QED) is 0.746. The number of nitrogens with zero attached hydrogens (tertiary/aromatic N) is 2. The van der Waals surface area contributed by atoms with Crippen LogP contribution < -0.4 is 17.0 Å². The average molecular weight is 280 g/mol. The van der Waals surface area contributed by atoms with E-state index in [1.807, 2.05) is 0 Å². The number of aromatic nitrogens is 2. The largest absolute Gasteiger partial charge is 0.334 e. The first kappa shape index (κ1) is 14.5. The number of rotatable bonds is 2. The van der Waals surface area contributed by atoms with E-state index in [0.29, 0.717) is 19.0 Å². The summed E-state index contributed by atoms with van der Waals surface area (Å²) in [6.45, 7) is 3.02. The fourth-order valence-corrected chi connectivity index (χ4v) is 2.73. The zero-order valence-electron chi connectivity index (χ0n) is 11.8. The van der Waals surface area contributed by atoms with Gasteiger partial charge in [0.1, 0.15) is 5.56 Å². The van der Waals surface area contributed by atoms with E-state index in [1.165, 1.54) is 13.2 Å². The molecular weight excluding hydrogens is 260 g/mol. The summed E-state index contributed by atoms with van der Waals surface area (Å²) in [4.78, 5) is 39.9. The molecule has 3 N–H and O–H groups in total. The van der Waals surface area contributed by atoms with Crippen molar-refractivity contribution >= 4 is 5.91 Å². The molecule has 0 bridgehead atoms. The van der Waals surface area contributed by atoms with Gasteiger partial charge in [0.15, 0.2) is 0 Å². The highest BCUT2D eigenvalue weighted by Gasteiger charge is 2.32. The zero-order chi connectivity index (χ0) is 14.9. The van der Waals surface area contributed by atoms with E-state index in [9.17, 15) is 14.4 Å². The maximum atomic E-state index is 12.5. The van der Waals surface area contributed by atoms with Crippen LogP contribution in [0.25, 0.3) is 0 Å². The Bertz CT molecular complexity index is 619. The number of amides is 1. The van der Waals surface area contributed by atoms with E-state index in [0.717, 1.165) is 17.4 Å². The van der Waals surface area contributed by atoms with Crippen molar-refractivity contribution in [3.63, 3.8) is 0 Å². The van der Waals surface area contributed by atoms with Crippen LogP contribution in [0.5, 0.6) is 0 Å². The van der Waals surface area contributed by atoms with E-state index >= 15 is 0 Å². The van der Waals surface area contributed by atoms with Crippen LogP contribution in [0, 0.1) is 5.92 Å². The highest BCUT2D eigenvalue weighted by atomic mass is 16.2. The molecule has 20 heavy (non-hydrogen) atoms. The minimum Gasteiger partial charge on any atom is -0.334 e. The average Bonchev–Trinajstić information content (AvgIpc) is 2.44. The molecule has 1 saturated heterocycles. The Hall–Kier alpha value is -1.89. The second-order valence-electron chi connectivity index (χ2n) is 5.29. The molecule has 0 radical (unpaired) electrons. The van der Waals surface area contributed by atoms with Crippen LogP contribution in [0.1, 0.15) is 30.1 Å². The summed E-state index contributed by atoms with van der Waals surface area (Å²) in [7, 11) is 1.34. The molecule has 1 aromatic heterocycles. The van der Waals surface area contributed by atoms with E-state index in [-0.39, 0.29) is 17.5 Å². The van der Waals surface area contributed by atoms with Gasteiger partial charge in [0.25, 0.3) is 11.5 Å². The van der Waals surface area contributed by atoms with Gasteiger partial charge in [0.2, 0.25) is 0 Å². The number of nitrogens with two attached hydrogens (primary N) is 1. The van der Waals surface area contributed by atoms with Gasteiger partial charge < -0.3 is 15.6 Å². The number of H-pyrrole nitrogens is 1. The molecule has 2 atom stereocenters. The van der Waals surface area contributed by atoms with Crippen LogP contribution in [-0.2, 0) is 7.05 Å². The van der Waals surface area contributed by atoms with Gasteiger partial charge in [-0.15, -0.1) is 0 Å². The number of likely N-dealkylation sites (tertiary alicyclic amines) is 1. The predicted octanol–water partition coefficient (Wildman–Crippen LogP) is -0.727. The summed E-state index contributed by atoms with van der Waals surface area (Å²) in [5, 5.41) is 0. The third kappa shape index (κ3) is 2.40. The second kappa shape index (κ2) is 5.62. The first-order valence-corrected chi connectivity index (χ1v) is 6.77. The Morgan fingerprint density at radius 1 is 1.50 bits per heavy atom. The van der Waals surface area contributed by atoms with Crippen LogP contribution in [0.4, 0.5) is 0 Å². The number of carbonyl (C=O) groups is 1. The number of carbonyl (C=O) groups excluding carboxylic acids is 1. The smallest absolute Gasteiger partial charge is 0.328 e. The van der Waals surface area contributed by atoms with Crippen molar-refractivity contribution in [2.75, 3.05) is 13.1 Å². The van der Waals surface area contributed by atoms with E-state index in [4.69, 9.17) is 5.73 Å². The van der Waals surface area contributed by atoms with Crippen molar-refractivity contribution < 1.29 is 4.79 Å². The molecule has 0 spiro atoms.